The molecule has 19 heteroatoms. The Hall–Kier alpha value is -5.98. The molecule has 0 bridgehead atoms. The quantitative estimate of drug-likeness (QED) is 0.0525. The van der Waals surface area contributed by atoms with E-state index in [1.807, 2.05) is 6.26 Å². The van der Waals surface area contributed by atoms with E-state index >= 15 is 0 Å². The lowest BCUT2D eigenvalue weighted by atomic mass is 9.96. The van der Waals surface area contributed by atoms with Gasteiger partial charge in [0.25, 0.3) is 0 Å². The van der Waals surface area contributed by atoms with Gasteiger partial charge in [0.05, 0.1) is 6.42 Å². The maximum Gasteiger partial charge on any atom is 0.326 e. The standard InChI is InChI=1S/C43H62N8O10S/c1-7-26(4)36(42(59)49-33(23-35(44)53)39(56)46-27(5)37(54)50-34(43(60)61)20-25(2)3)51-41(58)32(22-29-16-12-9-13-17-29)48-40(57)31(21-28-14-10-8-11-15-28)47-38(55)30(45-24-52)18-19-62-6/h8-17,24-27,30-34,36H,7,18-23H2,1-6H3,(H2,44,53)(H,45,52)(H,46,56)(H,47,55)(H,48,57)(H,49,59)(H,50,54)(H,51,58)(H,60,61)/t26-,27-,30-,31-,32-,33-,34-,36-/m0/s1. The monoisotopic (exact) mass is 882 g/mol. The van der Waals surface area contributed by atoms with Crippen LogP contribution in [0.5, 0.6) is 0 Å². The van der Waals surface area contributed by atoms with E-state index < -0.39 is 102 Å². The van der Waals surface area contributed by atoms with E-state index in [9.17, 15) is 48.3 Å². The molecule has 10 N–H and O–H groups in total. The summed E-state index contributed by atoms with van der Waals surface area (Å²) in [6.45, 7) is 8.30. The maximum atomic E-state index is 14.3. The predicted molar refractivity (Wildman–Crippen MR) is 234 cm³/mol. The topological polar surface area (TPSA) is 284 Å². The molecule has 0 spiro atoms. The van der Waals surface area contributed by atoms with Gasteiger partial charge in [0, 0.05) is 12.8 Å². The third-order valence-corrected chi connectivity index (χ3v) is 10.6. The summed E-state index contributed by atoms with van der Waals surface area (Å²) in [7, 11) is 0. The van der Waals surface area contributed by atoms with Gasteiger partial charge in [0.2, 0.25) is 47.8 Å². The van der Waals surface area contributed by atoms with Crippen molar-refractivity contribution >= 4 is 65.5 Å². The Balaban J connectivity index is 2.41. The normalized spacial score (nSPS) is 14.8. The first kappa shape index (κ1) is 52.2. The summed E-state index contributed by atoms with van der Waals surface area (Å²) in [5.74, 6) is -7.03. The van der Waals surface area contributed by atoms with Gasteiger partial charge < -0.3 is 48.1 Å². The van der Waals surface area contributed by atoms with E-state index in [4.69, 9.17) is 5.73 Å². The smallest absolute Gasteiger partial charge is 0.326 e. The van der Waals surface area contributed by atoms with Crippen molar-refractivity contribution in [1.29, 1.82) is 0 Å². The van der Waals surface area contributed by atoms with Crippen molar-refractivity contribution in [2.75, 3.05) is 12.0 Å². The lowest BCUT2D eigenvalue weighted by Crippen LogP contribution is -2.61. The van der Waals surface area contributed by atoms with Gasteiger partial charge >= 0.3 is 5.97 Å². The fourth-order valence-corrected chi connectivity index (χ4v) is 6.74. The van der Waals surface area contributed by atoms with Crippen molar-refractivity contribution in [1.82, 2.24) is 37.2 Å². The lowest BCUT2D eigenvalue weighted by molar-refractivity contribution is -0.142. The highest BCUT2D eigenvalue weighted by Crippen LogP contribution is 2.13. The van der Waals surface area contributed by atoms with Crippen molar-refractivity contribution in [3.63, 3.8) is 0 Å². The molecule has 0 aliphatic rings. The Morgan fingerprint density at radius 1 is 0.645 bits per heavy atom. The molecule has 8 amide bonds. The van der Waals surface area contributed by atoms with Crippen LogP contribution in [0.25, 0.3) is 0 Å². The number of carboxylic acid groups (broad SMARTS) is 1. The zero-order valence-corrected chi connectivity index (χ0v) is 36.9. The molecule has 0 aliphatic carbocycles. The second-order valence-corrected chi connectivity index (χ2v) is 16.5. The first-order valence-corrected chi connectivity index (χ1v) is 21.9. The van der Waals surface area contributed by atoms with Crippen LogP contribution in [0.2, 0.25) is 0 Å². The molecule has 0 aromatic heterocycles. The van der Waals surface area contributed by atoms with Crippen LogP contribution in [-0.4, -0.2) is 113 Å². The van der Waals surface area contributed by atoms with E-state index in [-0.39, 0.29) is 25.2 Å². The van der Waals surface area contributed by atoms with Crippen molar-refractivity contribution in [2.24, 2.45) is 17.6 Å². The molecule has 0 aliphatic heterocycles. The highest BCUT2D eigenvalue weighted by molar-refractivity contribution is 7.98. The van der Waals surface area contributed by atoms with Gasteiger partial charge in [-0.1, -0.05) is 94.8 Å². The number of hydrogen-bond donors (Lipinski definition) is 9. The largest absolute Gasteiger partial charge is 0.480 e. The van der Waals surface area contributed by atoms with Crippen LogP contribution in [0.15, 0.2) is 60.7 Å². The minimum absolute atomic E-state index is 0.0329. The molecule has 18 nitrogen and oxygen atoms in total. The van der Waals surface area contributed by atoms with E-state index in [1.54, 1.807) is 88.4 Å². The third kappa shape index (κ3) is 18.3. The maximum absolute atomic E-state index is 14.3. The number of carbonyl (C=O) groups excluding carboxylic acids is 8. The lowest BCUT2D eigenvalue weighted by Gasteiger charge is -2.29. The van der Waals surface area contributed by atoms with Crippen molar-refractivity contribution in [2.45, 2.75) is 115 Å². The first-order chi connectivity index (χ1) is 29.4. The van der Waals surface area contributed by atoms with Crippen LogP contribution < -0.4 is 43.0 Å². The fourth-order valence-electron chi connectivity index (χ4n) is 6.27. The number of nitrogens with one attached hydrogen (secondary N) is 7. The Kier molecular flexibility index (Phi) is 22.8. The van der Waals surface area contributed by atoms with Gasteiger partial charge in [-0.2, -0.15) is 11.8 Å². The van der Waals surface area contributed by atoms with Gasteiger partial charge in [-0.15, -0.1) is 0 Å². The van der Waals surface area contributed by atoms with Crippen LogP contribution in [-0.2, 0) is 56.0 Å². The summed E-state index contributed by atoms with van der Waals surface area (Å²) in [6, 6.07) is 8.81. The molecular formula is C43H62N8O10S. The molecule has 2 rings (SSSR count). The molecule has 0 saturated heterocycles. The molecule has 0 fully saturated rings. The highest BCUT2D eigenvalue weighted by Gasteiger charge is 2.35. The molecule has 2 aromatic carbocycles. The first-order valence-electron chi connectivity index (χ1n) is 20.5. The Bertz CT molecular complexity index is 1820. The van der Waals surface area contributed by atoms with Crippen LogP contribution >= 0.6 is 11.8 Å². The summed E-state index contributed by atoms with van der Waals surface area (Å²) in [4.78, 5) is 117. The van der Waals surface area contributed by atoms with Crippen molar-refractivity contribution in [3.8, 4) is 0 Å². The zero-order valence-electron chi connectivity index (χ0n) is 36.1. The number of primary amides is 1. The molecule has 0 saturated carbocycles. The van der Waals surface area contributed by atoms with Crippen molar-refractivity contribution in [3.05, 3.63) is 71.8 Å². The van der Waals surface area contributed by atoms with Gasteiger partial charge in [-0.3, -0.25) is 38.4 Å². The average Bonchev–Trinajstić information content (AvgIpc) is 3.22. The molecule has 8 atom stereocenters. The number of hydrogen-bond acceptors (Lipinski definition) is 10. The Morgan fingerprint density at radius 2 is 1.11 bits per heavy atom. The van der Waals surface area contributed by atoms with Gasteiger partial charge in [0.1, 0.15) is 42.3 Å². The summed E-state index contributed by atoms with van der Waals surface area (Å²) < 4.78 is 0. The zero-order chi connectivity index (χ0) is 46.4. The third-order valence-electron chi connectivity index (χ3n) is 9.93. The number of amides is 8. The summed E-state index contributed by atoms with van der Waals surface area (Å²) in [6.07, 6.45) is 2.37. The fraction of sp³-hybridized carbons (Fsp3) is 0.512. The molecule has 62 heavy (non-hydrogen) atoms. The van der Waals surface area contributed by atoms with Gasteiger partial charge in [-0.25, -0.2) is 4.79 Å². The summed E-state index contributed by atoms with van der Waals surface area (Å²) in [5, 5.41) is 27.5. The second-order valence-electron chi connectivity index (χ2n) is 15.5. The van der Waals surface area contributed by atoms with Gasteiger partial charge in [-0.05, 0) is 54.7 Å². The van der Waals surface area contributed by atoms with E-state index in [0.717, 1.165) is 0 Å². The number of carboxylic acids is 1. The minimum Gasteiger partial charge on any atom is -0.480 e. The van der Waals surface area contributed by atoms with Crippen LogP contribution in [0, 0.1) is 11.8 Å². The number of aliphatic carboxylic acids is 1. The van der Waals surface area contributed by atoms with E-state index in [0.29, 0.717) is 36.1 Å². The number of nitrogens with two attached hydrogens (primary N) is 1. The van der Waals surface area contributed by atoms with Gasteiger partial charge in [0.15, 0.2) is 0 Å². The molecular weight excluding hydrogens is 821 g/mol. The highest BCUT2D eigenvalue weighted by atomic mass is 32.2. The average molecular weight is 883 g/mol. The number of thioether (sulfide) groups is 1. The van der Waals surface area contributed by atoms with Crippen LogP contribution in [0.1, 0.15) is 71.4 Å². The molecule has 0 radical (unpaired) electrons. The van der Waals surface area contributed by atoms with E-state index in [1.165, 1.54) is 18.7 Å². The van der Waals surface area contributed by atoms with Crippen LogP contribution in [0.3, 0.4) is 0 Å². The molecule has 0 unspecified atom stereocenters. The Labute approximate surface area is 366 Å². The second kappa shape index (κ2) is 27.1. The van der Waals surface area contributed by atoms with E-state index in [2.05, 4.69) is 37.2 Å². The van der Waals surface area contributed by atoms with Crippen molar-refractivity contribution < 1.29 is 48.3 Å². The van der Waals surface area contributed by atoms with Crippen LogP contribution in [0.4, 0.5) is 0 Å². The minimum atomic E-state index is -1.60. The SMILES string of the molecule is CC[C@H](C)[C@H](NC(=O)[C@H](Cc1ccccc1)NC(=O)[C@H](Cc1ccccc1)NC(=O)[C@H](CCSC)NC=O)C(=O)N[C@@H](CC(N)=O)C(=O)N[C@@H](C)C(=O)N[C@@H](CC(C)C)C(=O)O. The summed E-state index contributed by atoms with van der Waals surface area (Å²) in [5.41, 5.74) is 6.79. The summed E-state index contributed by atoms with van der Waals surface area (Å²) >= 11 is 1.48. The molecule has 340 valence electrons. The number of benzene rings is 2. The number of carbonyl (C=O) groups is 9. The number of rotatable bonds is 28. The predicted octanol–water partition coefficient (Wildman–Crippen LogP) is 0.320. The molecule has 2 aromatic rings. The molecule has 0 heterocycles. The Morgan fingerprint density at radius 3 is 1.56 bits per heavy atom.